The predicted octanol–water partition coefficient (Wildman–Crippen LogP) is 2.04. The van der Waals surface area contributed by atoms with Crippen LogP contribution in [0.15, 0.2) is 0 Å². The second-order valence-electron chi connectivity index (χ2n) is 5.62. The summed E-state index contributed by atoms with van der Waals surface area (Å²) in [6.07, 6.45) is 4.47. The Labute approximate surface area is 117 Å². The van der Waals surface area contributed by atoms with Gasteiger partial charge in [0, 0.05) is 6.04 Å². The summed E-state index contributed by atoms with van der Waals surface area (Å²) >= 11 is 0. The molecule has 1 saturated heterocycles. The van der Waals surface area contributed by atoms with E-state index in [1.807, 2.05) is 0 Å². The van der Waals surface area contributed by atoms with Crippen molar-refractivity contribution in [1.82, 2.24) is 10.2 Å². The van der Waals surface area contributed by atoms with E-state index in [2.05, 4.69) is 31.0 Å². The van der Waals surface area contributed by atoms with Gasteiger partial charge in [-0.1, -0.05) is 27.2 Å². The molecule has 4 heteroatoms. The number of hydrogen-bond acceptors (Lipinski definition) is 4. The van der Waals surface area contributed by atoms with Crippen LogP contribution in [0.1, 0.15) is 46.5 Å². The molecule has 3 unspecified atom stereocenters. The average Bonchev–Trinajstić information content (AvgIpc) is 2.68. The molecule has 0 aromatic heterocycles. The van der Waals surface area contributed by atoms with Crippen LogP contribution >= 0.6 is 0 Å². The number of esters is 1. The van der Waals surface area contributed by atoms with Crippen LogP contribution in [0.4, 0.5) is 0 Å². The number of ether oxygens (including phenoxy) is 1. The molecule has 0 amide bonds. The highest BCUT2D eigenvalue weighted by atomic mass is 16.5. The Morgan fingerprint density at radius 1 is 1.37 bits per heavy atom. The van der Waals surface area contributed by atoms with Crippen molar-refractivity contribution in [2.75, 3.05) is 26.7 Å². The van der Waals surface area contributed by atoms with Crippen LogP contribution in [-0.2, 0) is 9.53 Å². The van der Waals surface area contributed by atoms with Gasteiger partial charge in [0.2, 0.25) is 0 Å². The van der Waals surface area contributed by atoms with Crippen molar-refractivity contribution in [2.45, 2.75) is 58.5 Å². The summed E-state index contributed by atoms with van der Waals surface area (Å²) in [5.74, 6) is 0.198. The molecule has 112 valence electrons. The van der Waals surface area contributed by atoms with Gasteiger partial charge in [-0.15, -0.1) is 0 Å². The molecular weight excluding hydrogens is 240 g/mol. The van der Waals surface area contributed by atoms with Crippen molar-refractivity contribution in [3.63, 3.8) is 0 Å². The number of methoxy groups -OCH3 is 1. The van der Waals surface area contributed by atoms with Gasteiger partial charge in [0.25, 0.3) is 0 Å². The summed E-state index contributed by atoms with van der Waals surface area (Å²) in [4.78, 5) is 14.4. The number of nitrogens with zero attached hydrogens (tertiary/aromatic N) is 1. The summed E-state index contributed by atoms with van der Waals surface area (Å²) in [6, 6.07) is 0.280. The van der Waals surface area contributed by atoms with Gasteiger partial charge in [0.15, 0.2) is 0 Å². The van der Waals surface area contributed by atoms with Crippen LogP contribution in [0.2, 0.25) is 0 Å². The van der Waals surface area contributed by atoms with Gasteiger partial charge in [-0.05, 0) is 44.8 Å². The van der Waals surface area contributed by atoms with Gasteiger partial charge in [-0.2, -0.15) is 0 Å². The first-order valence-corrected chi connectivity index (χ1v) is 7.68. The van der Waals surface area contributed by atoms with Crippen molar-refractivity contribution in [3.8, 4) is 0 Å². The largest absolute Gasteiger partial charge is 0.468 e. The predicted molar refractivity (Wildman–Crippen MR) is 78.1 cm³/mol. The lowest BCUT2D eigenvalue weighted by Gasteiger charge is -2.27. The van der Waals surface area contributed by atoms with Gasteiger partial charge in [0.05, 0.1) is 7.11 Å². The van der Waals surface area contributed by atoms with Crippen molar-refractivity contribution >= 4 is 5.97 Å². The van der Waals surface area contributed by atoms with Gasteiger partial charge in [-0.25, -0.2) is 0 Å². The molecule has 1 heterocycles. The van der Waals surface area contributed by atoms with E-state index >= 15 is 0 Å². The number of carbonyl (C=O) groups is 1. The van der Waals surface area contributed by atoms with E-state index in [4.69, 9.17) is 4.74 Å². The maximum atomic E-state index is 11.9. The molecule has 1 rings (SSSR count). The van der Waals surface area contributed by atoms with E-state index in [1.165, 1.54) is 20.1 Å². The zero-order valence-corrected chi connectivity index (χ0v) is 12.9. The monoisotopic (exact) mass is 270 g/mol. The van der Waals surface area contributed by atoms with Gasteiger partial charge in [0.1, 0.15) is 6.04 Å². The number of nitrogens with one attached hydrogen (secondary N) is 1. The van der Waals surface area contributed by atoms with Crippen LogP contribution in [0.25, 0.3) is 0 Å². The first-order chi connectivity index (χ1) is 9.12. The second kappa shape index (κ2) is 8.54. The fraction of sp³-hybridized carbons (Fsp3) is 0.933. The molecule has 1 fully saturated rings. The SMILES string of the molecule is CCC(C)C(NC1CCCN(CC)CC1)C(=O)OC. The Morgan fingerprint density at radius 3 is 2.68 bits per heavy atom. The lowest BCUT2D eigenvalue weighted by atomic mass is 9.97. The fourth-order valence-corrected chi connectivity index (χ4v) is 2.72. The Balaban J connectivity index is 2.55. The molecule has 1 N–H and O–H groups in total. The van der Waals surface area contributed by atoms with Crippen LogP contribution in [0, 0.1) is 5.92 Å². The lowest BCUT2D eigenvalue weighted by molar-refractivity contribution is -0.144. The number of rotatable bonds is 6. The fourth-order valence-electron chi connectivity index (χ4n) is 2.72. The molecule has 19 heavy (non-hydrogen) atoms. The smallest absolute Gasteiger partial charge is 0.323 e. The minimum atomic E-state index is -0.159. The van der Waals surface area contributed by atoms with Crippen LogP contribution in [-0.4, -0.2) is 49.7 Å². The highest BCUT2D eigenvalue weighted by Gasteiger charge is 2.28. The molecular formula is C15H30N2O2. The van der Waals surface area contributed by atoms with Crippen molar-refractivity contribution < 1.29 is 9.53 Å². The first kappa shape index (κ1) is 16.4. The maximum Gasteiger partial charge on any atom is 0.323 e. The van der Waals surface area contributed by atoms with Gasteiger partial charge < -0.3 is 15.0 Å². The van der Waals surface area contributed by atoms with E-state index in [0.29, 0.717) is 12.0 Å². The average molecular weight is 270 g/mol. The number of hydrogen-bond donors (Lipinski definition) is 1. The third-order valence-electron chi connectivity index (χ3n) is 4.35. The summed E-state index contributed by atoms with van der Waals surface area (Å²) in [5.41, 5.74) is 0. The van der Waals surface area contributed by atoms with E-state index < -0.39 is 0 Å². The summed E-state index contributed by atoms with van der Waals surface area (Å²) in [6.45, 7) is 9.88. The molecule has 0 spiro atoms. The van der Waals surface area contributed by atoms with E-state index in [1.54, 1.807) is 0 Å². The van der Waals surface area contributed by atoms with Gasteiger partial charge in [-0.3, -0.25) is 4.79 Å². The molecule has 0 radical (unpaired) electrons. The van der Waals surface area contributed by atoms with Crippen molar-refractivity contribution in [1.29, 1.82) is 0 Å². The molecule has 0 aliphatic carbocycles. The molecule has 0 saturated carbocycles. The Morgan fingerprint density at radius 2 is 2.11 bits per heavy atom. The number of likely N-dealkylation sites (tertiary alicyclic amines) is 1. The third-order valence-corrected chi connectivity index (χ3v) is 4.35. The quantitative estimate of drug-likeness (QED) is 0.750. The molecule has 3 atom stereocenters. The van der Waals surface area contributed by atoms with Crippen LogP contribution < -0.4 is 5.32 Å². The lowest BCUT2D eigenvalue weighted by Crippen LogP contribution is -2.48. The minimum absolute atomic E-state index is 0.119. The molecule has 1 aliphatic rings. The zero-order chi connectivity index (χ0) is 14.3. The van der Waals surface area contributed by atoms with Crippen LogP contribution in [0.5, 0.6) is 0 Å². The standard InChI is InChI=1S/C15H30N2O2/c1-5-12(3)14(15(18)19-4)16-13-8-7-10-17(6-2)11-9-13/h12-14,16H,5-11H2,1-4H3. The second-order valence-corrected chi connectivity index (χ2v) is 5.62. The van der Waals surface area contributed by atoms with Gasteiger partial charge >= 0.3 is 5.97 Å². The van der Waals surface area contributed by atoms with Crippen molar-refractivity contribution in [3.05, 3.63) is 0 Å². The summed E-state index contributed by atoms with van der Waals surface area (Å²) in [7, 11) is 1.48. The van der Waals surface area contributed by atoms with Crippen LogP contribution in [0.3, 0.4) is 0 Å². The Kier molecular flexibility index (Phi) is 7.39. The number of carbonyl (C=O) groups excluding carboxylic acids is 1. The highest BCUT2D eigenvalue weighted by Crippen LogP contribution is 2.15. The minimum Gasteiger partial charge on any atom is -0.468 e. The highest BCUT2D eigenvalue weighted by molar-refractivity contribution is 5.76. The first-order valence-electron chi connectivity index (χ1n) is 7.68. The Bertz CT molecular complexity index is 271. The van der Waals surface area contributed by atoms with E-state index in [9.17, 15) is 4.79 Å². The summed E-state index contributed by atoms with van der Waals surface area (Å²) in [5, 5.41) is 3.54. The molecule has 0 aromatic rings. The molecule has 0 bridgehead atoms. The zero-order valence-electron chi connectivity index (χ0n) is 12.9. The topological polar surface area (TPSA) is 41.6 Å². The third kappa shape index (κ3) is 5.11. The Hall–Kier alpha value is -0.610. The normalized spacial score (nSPS) is 24.5. The molecule has 0 aromatic carbocycles. The van der Waals surface area contributed by atoms with Crippen molar-refractivity contribution in [2.24, 2.45) is 5.92 Å². The maximum absolute atomic E-state index is 11.9. The van der Waals surface area contributed by atoms with E-state index in [-0.39, 0.29) is 12.0 Å². The van der Waals surface area contributed by atoms with E-state index in [0.717, 1.165) is 32.4 Å². The molecule has 1 aliphatic heterocycles. The summed E-state index contributed by atoms with van der Waals surface area (Å²) < 4.78 is 4.94. The molecule has 4 nitrogen and oxygen atoms in total.